The number of hydrogen-bond acceptors (Lipinski definition) is 9. The number of non-ortho nitro benzene ring substituents is 1. The highest BCUT2D eigenvalue weighted by Gasteiger charge is 2.37. The summed E-state index contributed by atoms with van der Waals surface area (Å²) in [6.45, 7) is 5.45. The van der Waals surface area contributed by atoms with E-state index >= 15 is 0 Å². The van der Waals surface area contributed by atoms with Crippen molar-refractivity contribution in [3.63, 3.8) is 0 Å². The van der Waals surface area contributed by atoms with Gasteiger partial charge in [0.05, 0.1) is 28.7 Å². The van der Waals surface area contributed by atoms with Crippen LogP contribution in [-0.2, 0) is 16.0 Å². The number of amides is 4. The number of methoxy groups -OCH3 is 1. The van der Waals surface area contributed by atoms with Crippen LogP contribution in [-0.4, -0.2) is 34.8 Å². The molecule has 1 aliphatic rings. The smallest absolute Gasteiger partial charge is 0.335 e. The quantitative estimate of drug-likeness (QED) is 0.108. The van der Waals surface area contributed by atoms with Gasteiger partial charge in [0.1, 0.15) is 5.57 Å². The number of carbonyl (C=O) groups excluding carboxylic acids is 3. The summed E-state index contributed by atoms with van der Waals surface area (Å²) in [5.41, 5.74) is 0.0649. The van der Waals surface area contributed by atoms with Crippen LogP contribution < -0.4 is 19.7 Å². The summed E-state index contributed by atoms with van der Waals surface area (Å²) in [6.07, 6.45) is 2.93. The molecule has 0 bridgehead atoms. The Morgan fingerprint density at radius 2 is 1.76 bits per heavy atom. The van der Waals surface area contributed by atoms with Gasteiger partial charge in [-0.1, -0.05) is 23.7 Å². The normalized spacial score (nSPS) is 14.0. The molecule has 1 N–H and O–H groups in total. The number of urea groups is 1. The number of nitro benzene ring substituents is 2. The number of allylic oxidation sites excluding steroid dienone is 1. The Morgan fingerprint density at radius 3 is 2.38 bits per heavy atom. The van der Waals surface area contributed by atoms with Gasteiger partial charge in [-0.2, -0.15) is 0 Å². The fourth-order valence-corrected chi connectivity index (χ4v) is 4.25. The zero-order valence-electron chi connectivity index (χ0n) is 22.1. The van der Waals surface area contributed by atoms with Crippen LogP contribution in [0.2, 0.25) is 5.02 Å². The summed E-state index contributed by atoms with van der Waals surface area (Å²) < 4.78 is 11.3. The standard InChI is InChI=1S/C28H21ClN4O9/c1-4-5-17-10-16(11-20-26(34)30-28(36)31(27(20)35)18-7-6-15(2)21(29)13-18)12-24(41-3)25(17)42-23-9-8-19(32(37)38)14-22(23)33(39)40/h4,6-14H,1,5H2,2-3H3,(H,30,34,36)/b20-11+. The molecule has 4 rings (SSSR count). The van der Waals surface area contributed by atoms with Gasteiger partial charge in [0.15, 0.2) is 11.5 Å². The van der Waals surface area contributed by atoms with Crippen molar-refractivity contribution in [2.75, 3.05) is 12.0 Å². The molecule has 1 saturated heterocycles. The van der Waals surface area contributed by atoms with Crippen molar-refractivity contribution in [3.8, 4) is 17.2 Å². The molecule has 0 atom stereocenters. The molecule has 0 saturated carbocycles. The molecule has 3 aromatic carbocycles. The Balaban J connectivity index is 1.78. The average Bonchev–Trinajstić information content (AvgIpc) is 2.94. The average molecular weight is 593 g/mol. The number of nitro groups is 2. The Hall–Kier alpha value is -5.56. The number of halogens is 1. The lowest BCUT2D eigenvalue weighted by Gasteiger charge is -2.26. The third kappa shape index (κ3) is 5.81. The summed E-state index contributed by atoms with van der Waals surface area (Å²) in [7, 11) is 1.31. The molecular formula is C28H21ClN4O9. The van der Waals surface area contributed by atoms with Crippen molar-refractivity contribution < 1.29 is 33.7 Å². The van der Waals surface area contributed by atoms with Gasteiger partial charge in [-0.25, -0.2) is 9.69 Å². The number of barbiturate groups is 1. The Morgan fingerprint density at radius 1 is 1.02 bits per heavy atom. The van der Waals surface area contributed by atoms with Crippen LogP contribution in [0, 0.1) is 27.2 Å². The molecule has 4 amide bonds. The molecule has 14 heteroatoms. The van der Waals surface area contributed by atoms with Crippen molar-refractivity contribution in [1.29, 1.82) is 0 Å². The highest BCUT2D eigenvalue weighted by molar-refractivity contribution is 6.39. The fourth-order valence-electron chi connectivity index (χ4n) is 4.08. The van der Waals surface area contributed by atoms with E-state index in [0.29, 0.717) is 16.1 Å². The summed E-state index contributed by atoms with van der Waals surface area (Å²) in [4.78, 5) is 60.5. The van der Waals surface area contributed by atoms with E-state index in [2.05, 4.69) is 11.9 Å². The van der Waals surface area contributed by atoms with Crippen LogP contribution in [0.4, 0.5) is 21.9 Å². The number of anilines is 1. The topological polar surface area (TPSA) is 171 Å². The van der Waals surface area contributed by atoms with Crippen molar-refractivity contribution in [2.24, 2.45) is 0 Å². The number of ether oxygens (including phenoxy) is 2. The van der Waals surface area contributed by atoms with E-state index in [1.807, 2.05) is 0 Å². The molecule has 0 spiro atoms. The summed E-state index contributed by atoms with van der Waals surface area (Å²) in [5, 5.41) is 25.2. The van der Waals surface area contributed by atoms with Crippen molar-refractivity contribution in [2.45, 2.75) is 13.3 Å². The van der Waals surface area contributed by atoms with Crippen LogP contribution in [0.25, 0.3) is 6.08 Å². The van der Waals surface area contributed by atoms with E-state index in [-0.39, 0.29) is 34.9 Å². The van der Waals surface area contributed by atoms with E-state index < -0.39 is 39.1 Å². The van der Waals surface area contributed by atoms with Crippen LogP contribution in [0.1, 0.15) is 16.7 Å². The minimum atomic E-state index is -0.944. The number of nitrogens with zero attached hydrogens (tertiary/aromatic N) is 3. The van der Waals surface area contributed by atoms with Gasteiger partial charge in [0.25, 0.3) is 17.5 Å². The Bertz CT molecular complexity index is 1720. The molecule has 0 unspecified atom stereocenters. The van der Waals surface area contributed by atoms with Crippen molar-refractivity contribution in [3.05, 3.63) is 109 Å². The number of hydrogen-bond donors (Lipinski definition) is 1. The Kier molecular flexibility index (Phi) is 8.33. The molecule has 1 aliphatic heterocycles. The molecule has 3 aromatic rings. The lowest BCUT2D eigenvalue weighted by molar-refractivity contribution is -0.394. The lowest BCUT2D eigenvalue weighted by atomic mass is 10.0. The zero-order valence-corrected chi connectivity index (χ0v) is 22.8. The second-order valence-electron chi connectivity index (χ2n) is 8.86. The minimum Gasteiger partial charge on any atom is -0.493 e. The van der Waals surface area contributed by atoms with Crippen LogP contribution in [0.3, 0.4) is 0 Å². The number of rotatable bonds is 9. The highest BCUT2D eigenvalue weighted by Crippen LogP contribution is 2.41. The van der Waals surface area contributed by atoms with Crippen LogP contribution in [0.5, 0.6) is 17.2 Å². The van der Waals surface area contributed by atoms with E-state index in [1.165, 1.54) is 43.5 Å². The first-order valence-electron chi connectivity index (χ1n) is 12.0. The maximum atomic E-state index is 13.3. The zero-order chi connectivity index (χ0) is 30.7. The van der Waals surface area contributed by atoms with E-state index in [4.69, 9.17) is 21.1 Å². The third-order valence-electron chi connectivity index (χ3n) is 6.13. The highest BCUT2D eigenvalue weighted by atomic mass is 35.5. The predicted molar refractivity (Wildman–Crippen MR) is 152 cm³/mol. The second-order valence-corrected chi connectivity index (χ2v) is 9.27. The van der Waals surface area contributed by atoms with Gasteiger partial charge in [-0.3, -0.25) is 35.1 Å². The predicted octanol–water partition coefficient (Wildman–Crippen LogP) is 5.66. The second kappa shape index (κ2) is 11.9. The van der Waals surface area contributed by atoms with E-state index in [0.717, 1.165) is 28.7 Å². The molecule has 0 aromatic heterocycles. The summed E-state index contributed by atoms with van der Waals surface area (Å²) in [5.74, 6) is -1.99. The number of benzene rings is 3. The van der Waals surface area contributed by atoms with Gasteiger partial charge < -0.3 is 9.47 Å². The molecule has 214 valence electrons. The first-order valence-corrected chi connectivity index (χ1v) is 12.4. The summed E-state index contributed by atoms with van der Waals surface area (Å²) in [6, 6.07) is 9.50. The molecule has 0 radical (unpaired) electrons. The largest absolute Gasteiger partial charge is 0.493 e. The van der Waals surface area contributed by atoms with Gasteiger partial charge in [0, 0.05) is 16.7 Å². The molecule has 0 aliphatic carbocycles. The molecule has 13 nitrogen and oxygen atoms in total. The number of imide groups is 2. The molecule has 42 heavy (non-hydrogen) atoms. The van der Waals surface area contributed by atoms with Crippen LogP contribution in [0.15, 0.2) is 66.8 Å². The number of aryl methyl sites for hydroxylation is 1. The van der Waals surface area contributed by atoms with Gasteiger partial charge >= 0.3 is 11.7 Å². The number of nitrogens with one attached hydrogen (secondary N) is 1. The molecule has 1 heterocycles. The lowest BCUT2D eigenvalue weighted by Crippen LogP contribution is -2.54. The number of carbonyl (C=O) groups is 3. The maximum Gasteiger partial charge on any atom is 0.335 e. The first-order chi connectivity index (χ1) is 19.9. The van der Waals surface area contributed by atoms with Gasteiger partial charge in [-0.15, -0.1) is 6.58 Å². The van der Waals surface area contributed by atoms with Crippen LogP contribution >= 0.6 is 11.6 Å². The Labute approximate surface area is 242 Å². The fraction of sp³-hybridized carbons (Fsp3) is 0.107. The van der Waals surface area contributed by atoms with Gasteiger partial charge in [-0.05, 0) is 60.9 Å². The van der Waals surface area contributed by atoms with Gasteiger partial charge in [0.2, 0.25) is 5.75 Å². The minimum absolute atomic E-state index is 0.0435. The van der Waals surface area contributed by atoms with Crippen molar-refractivity contribution in [1.82, 2.24) is 5.32 Å². The van der Waals surface area contributed by atoms with Crippen molar-refractivity contribution >= 4 is 52.6 Å². The molecule has 1 fully saturated rings. The maximum absolute atomic E-state index is 13.3. The SMILES string of the molecule is C=CCc1cc(/C=C2\C(=O)NC(=O)N(c3ccc(C)c(Cl)c3)C2=O)cc(OC)c1Oc1ccc([N+](=O)[O-])cc1[N+](=O)[O-]. The monoisotopic (exact) mass is 592 g/mol. The third-order valence-corrected chi connectivity index (χ3v) is 6.53. The first kappa shape index (κ1) is 29.4. The summed E-state index contributed by atoms with van der Waals surface area (Å²) >= 11 is 6.17. The molecular weight excluding hydrogens is 572 g/mol. The van der Waals surface area contributed by atoms with E-state index in [1.54, 1.807) is 13.0 Å². The van der Waals surface area contributed by atoms with E-state index in [9.17, 15) is 34.6 Å².